The van der Waals surface area contributed by atoms with Crippen LogP contribution in [0.2, 0.25) is 0 Å². The first-order valence-corrected chi connectivity index (χ1v) is 8.65. The van der Waals surface area contributed by atoms with Crippen molar-refractivity contribution in [2.45, 2.75) is 25.9 Å². The summed E-state index contributed by atoms with van der Waals surface area (Å²) in [6.45, 7) is 4.81. The minimum atomic E-state index is 0.417. The molecule has 3 heterocycles. The molecule has 25 heavy (non-hydrogen) atoms. The molecular weight excluding hydrogens is 312 g/mol. The Bertz CT molecular complexity index is 836. The van der Waals surface area contributed by atoms with E-state index in [0.717, 1.165) is 49.1 Å². The molecule has 0 radical (unpaired) electrons. The van der Waals surface area contributed by atoms with Crippen LogP contribution in [0.25, 0.3) is 11.4 Å². The number of nitrogens with zero attached hydrogens (tertiary/aromatic N) is 4. The van der Waals surface area contributed by atoms with Gasteiger partial charge in [-0.25, -0.2) is 9.97 Å². The van der Waals surface area contributed by atoms with Gasteiger partial charge in [0, 0.05) is 19.1 Å². The molecule has 1 atom stereocenters. The quantitative estimate of drug-likeness (QED) is 0.750. The van der Waals surface area contributed by atoms with Crippen LogP contribution in [0.4, 0.5) is 5.82 Å². The maximum atomic E-state index is 4.76. The van der Waals surface area contributed by atoms with Crippen LogP contribution in [0.5, 0.6) is 0 Å². The zero-order valence-corrected chi connectivity index (χ0v) is 14.3. The smallest absolute Gasteiger partial charge is 0.145 e. The summed E-state index contributed by atoms with van der Waals surface area (Å²) in [5.74, 6) is 1.79. The SMILES string of the molecule is Cc1ncc(-c2cncc(N[C@@H]3CCNC3)n2)n1Cc1ccccc1. The highest BCUT2D eigenvalue weighted by Crippen LogP contribution is 2.21. The summed E-state index contributed by atoms with van der Waals surface area (Å²) in [6.07, 6.45) is 6.57. The molecule has 128 valence electrons. The van der Waals surface area contributed by atoms with Gasteiger partial charge in [-0.15, -0.1) is 0 Å². The van der Waals surface area contributed by atoms with Crippen molar-refractivity contribution in [1.29, 1.82) is 0 Å². The van der Waals surface area contributed by atoms with Gasteiger partial charge in [0.1, 0.15) is 17.3 Å². The van der Waals surface area contributed by atoms with Gasteiger partial charge in [-0.1, -0.05) is 30.3 Å². The minimum absolute atomic E-state index is 0.417. The van der Waals surface area contributed by atoms with Crippen molar-refractivity contribution in [3.8, 4) is 11.4 Å². The number of hydrogen-bond acceptors (Lipinski definition) is 5. The molecule has 3 aromatic rings. The van der Waals surface area contributed by atoms with Crippen molar-refractivity contribution in [2.75, 3.05) is 18.4 Å². The van der Waals surface area contributed by atoms with Crippen LogP contribution in [0, 0.1) is 6.92 Å². The Labute approximate surface area is 147 Å². The average Bonchev–Trinajstić information content (AvgIpc) is 3.27. The van der Waals surface area contributed by atoms with E-state index in [1.54, 1.807) is 12.4 Å². The Hall–Kier alpha value is -2.73. The Morgan fingerprint density at radius 1 is 1.20 bits per heavy atom. The topological polar surface area (TPSA) is 67.7 Å². The lowest BCUT2D eigenvalue weighted by molar-refractivity contribution is 0.764. The summed E-state index contributed by atoms with van der Waals surface area (Å²) in [4.78, 5) is 13.6. The van der Waals surface area contributed by atoms with E-state index < -0.39 is 0 Å². The van der Waals surface area contributed by atoms with Crippen LogP contribution >= 0.6 is 0 Å². The number of aryl methyl sites for hydroxylation is 1. The standard InChI is InChI=1S/C19H22N6/c1-14-22-11-18(25(14)13-15-5-3-2-4-6-15)17-10-21-12-19(24-17)23-16-7-8-20-9-16/h2-6,10-12,16,20H,7-9,13H2,1H3,(H,23,24)/t16-/m1/s1. The number of imidazole rings is 1. The number of benzene rings is 1. The molecule has 2 aromatic heterocycles. The van der Waals surface area contributed by atoms with E-state index in [-0.39, 0.29) is 0 Å². The lowest BCUT2D eigenvalue weighted by Crippen LogP contribution is -2.22. The van der Waals surface area contributed by atoms with Gasteiger partial charge >= 0.3 is 0 Å². The second kappa shape index (κ2) is 7.03. The summed E-state index contributed by atoms with van der Waals surface area (Å²) in [5.41, 5.74) is 3.07. The highest BCUT2D eigenvalue weighted by atomic mass is 15.1. The number of hydrogen-bond donors (Lipinski definition) is 2. The summed E-state index contributed by atoms with van der Waals surface area (Å²) in [6, 6.07) is 10.8. The number of rotatable bonds is 5. The zero-order valence-electron chi connectivity index (χ0n) is 14.3. The summed E-state index contributed by atoms with van der Waals surface area (Å²) in [5, 5.41) is 6.82. The lowest BCUT2D eigenvalue weighted by Gasteiger charge is -2.13. The Morgan fingerprint density at radius 3 is 2.88 bits per heavy atom. The number of nitrogens with one attached hydrogen (secondary N) is 2. The van der Waals surface area contributed by atoms with Gasteiger partial charge in [-0.05, 0) is 25.5 Å². The molecule has 0 aliphatic carbocycles. The highest BCUT2D eigenvalue weighted by Gasteiger charge is 2.16. The summed E-state index contributed by atoms with van der Waals surface area (Å²) < 4.78 is 2.18. The van der Waals surface area contributed by atoms with E-state index in [4.69, 9.17) is 4.98 Å². The Balaban J connectivity index is 1.61. The maximum absolute atomic E-state index is 4.76. The van der Waals surface area contributed by atoms with Gasteiger partial charge in [0.25, 0.3) is 0 Å². The van der Waals surface area contributed by atoms with E-state index in [2.05, 4.69) is 49.4 Å². The lowest BCUT2D eigenvalue weighted by atomic mass is 10.2. The Morgan fingerprint density at radius 2 is 2.08 bits per heavy atom. The first kappa shape index (κ1) is 15.8. The van der Waals surface area contributed by atoms with Gasteiger partial charge in [0.15, 0.2) is 0 Å². The molecule has 6 nitrogen and oxygen atoms in total. The molecule has 2 N–H and O–H groups in total. The van der Waals surface area contributed by atoms with Crippen molar-refractivity contribution in [2.24, 2.45) is 0 Å². The molecule has 4 rings (SSSR count). The van der Waals surface area contributed by atoms with Crippen molar-refractivity contribution in [3.63, 3.8) is 0 Å². The highest BCUT2D eigenvalue weighted by molar-refractivity contribution is 5.56. The average molecular weight is 334 g/mol. The second-order valence-electron chi connectivity index (χ2n) is 6.39. The van der Waals surface area contributed by atoms with E-state index in [1.807, 2.05) is 19.2 Å². The molecule has 0 bridgehead atoms. The summed E-state index contributed by atoms with van der Waals surface area (Å²) >= 11 is 0. The molecule has 0 spiro atoms. The second-order valence-corrected chi connectivity index (χ2v) is 6.39. The van der Waals surface area contributed by atoms with Crippen molar-refractivity contribution >= 4 is 5.82 Å². The van der Waals surface area contributed by atoms with Gasteiger partial charge in [-0.2, -0.15) is 0 Å². The molecule has 6 heteroatoms. The van der Waals surface area contributed by atoms with E-state index in [1.165, 1.54) is 5.56 Å². The van der Waals surface area contributed by atoms with Gasteiger partial charge in [-0.3, -0.25) is 4.98 Å². The number of aromatic nitrogens is 4. The minimum Gasteiger partial charge on any atom is -0.365 e. The molecule has 1 fully saturated rings. The van der Waals surface area contributed by atoms with Gasteiger partial charge in [0.2, 0.25) is 0 Å². The van der Waals surface area contributed by atoms with Crippen molar-refractivity contribution in [1.82, 2.24) is 24.8 Å². The van der Waals surface area contributed by atoms with Crippen LogP contribution < -0.4 is 10.6 Å². The molecule has 1 aliphatic rings. The molecule has 0 amide bonds. The van der Waals surface area contributed by atoms with Crippen LogP contribution in [0.1, 0.15) is 17.8 Å². The molecular formula is C19H22N6. The van der Waals surface area contributed by atoms with Gasteiger partial charge in [0.05, 0.1) is 24.3 Å². The molecule has 1 saturated heterocycles. The van der Waals surface area contributed by atoms with Crippen LogP contribution in [0.15, 0.2) is 48.9 Å². The first-order valence-electron chi connectivity index (χ1n) is 8.65. The third-order valence-corrected chi connectivity index (χ3v) is 4.55. The molecule has 0 saturated carbocycles. The largest absolute Gasteiger partial charge is 0.365 e. The number of anilines is 1. The zero-order chi connectivity index (χ0) is 17.1. The summed E-state index contributed by atoms with van der Waals surface area (Å²) in [7, 11) is 0. The maximum Gasteiger partial charge on any atom is 0.145 e. The molecule has 0 unspecified atom stereocenters. The first-order chi connectivity index (χ1) is 12.3. The van der Waals surface area contributed by atoms with E-state index in [0.29, 0.717) is 6.04 Å². The van der Waals surface area contributed by atoms with Crippen LogP contribution in [0.3, 0.4) is 0 Å². The fraction of sp³-hybridized carbons (Fsp3) is 0.316. The molecule has 1 aliphatic heterocycles. The van der Waals surface area contributed by atoms with E-state index in [9.17, 15) is 0 Å². The third kappa shape index (κ3) is 3.53. The fourth-order valence-corrected chi connectivity index (χ4v) is 3.18. The normalized spacial score (nSPS) is 16.9. The third-order valence-electron chi connectivity index (χ3n) is 4.55. The van der Waals surface area contributed by atoms with Gasteiger partial charge < -0.3 is 15.2 Å². The predicted octanol–water partition coefficient (Wildman–Crippen LogP) is 2.47. The fourth-order valence-electron chi connectivity index (χ4n) is 3.18. The molecule has 1 aromatic carbocycles. The van der Waals surface area contributed by atoms with E-state index >= 15 is 0 Å². The Kier molecular flexibility index (Phi) is 4.43. The predicted molar refractivity (Wildman–Crippen MR) is 98.4 cm³/mol. The monoisotopic (exact) mass is 334 g/mol. The van der Waals surface area contributed by atoms with Crippen molar-refractivity contribution in [3.05, 3.63) is 60.3 Å². The van der Waals surface area contributed by atoms with Crippen LogP contribution in [-0.2, 0) is 6.54 Å². The van der Waals surface area contributed by atoms with Crippen LogP contribution in [-0.4, -0.2) is 38.7 Å². The van der Waals surface area contributed by atoms with Crippen molar-refractivity contribution < 1.29 is 0 Å².